The van der Waals surface area contributed by atoms with Crippen LogP contribution in [0.5, 0.6) is 11.5 Å². The summed E-state index contributed by atoms with van der Waals surface area (Å²) in [4.78, 5) is 4.68. The third-order valence-electron chi connectivity index (χ3n) is 3.79. The van der Waals surface area contributed by atoms with Crippen LogP contribution in [0.25, 0.3) is 0 Å². The molecule has 7 heteroatoms. The molecule has 0 bridgehead atoms. The summed E-state index contributed by atoms with van der Waals surface area (Å²) in [5.74, 6) is 3.71. The van der Waals surface area contributed by atoms with Gasteiger partial charge in [0.05, 0.1) is 27.0 Å². The third kappa shape index (κ3) is 8.11. The van der Waals surface area contributed by atoms with E-state index in [2.05, 4.69) is 29.5 Å². The number of rotatable bonds is 9. The maximum Gasteiger partial charge on any atom is 0.191 e. The van der Waals surface area contributed by atoms with E-state index >= 15 is 0 Å². The Bertz CT molecular complexity index is 688. The highest BCUT2D eigenvalue weighted by Gasteiger charge is 2.06. The second kappa shape index (κ2) is 12.5. The summed E-state index contributed by atoms with van der Waals surface area (Å²) in [5.41, 5.74) is 1.05. The first kappa shape index (κ1) is 23.1. The van der Waals surface area contributed by atoms with Crippen molar-refractivity contribution in [3.63, 3.8) is 0 Å². The fraction of sp³-hybridized carbons (Fsp3) is 0.450. The smallest absolute Gasteiger partial charge is 0.191 e. The summed E-state index contributed by atoms with van der Waals surface area (Å²) >= 11 is 0. The van der Waals surface area contributed by atoms with E-state index in [-0.39, 0.29) is 24.0 Å². The van der Waals surface area contributed by atoms with Crippen molar-refractivity contribution in [2.45, 2.75) is 26.8 Å². The van der Waals surface area contributed by atoms with Crippen molar-refractivity contribution in [2.75, 3.05) is 27.3 Å². The van der Waals surface area contributed by atoms with E-state index in [9.17, 15) is 0 Å². The zero-order valence-corrected chi connectivity index (χ0v) is 18.8. The molecule has 1 aromatic heterocycles. The number of methoxy groups -OCH3 is 2. The monoisotopic (exact) mass is 487 g/mol. The Morgan fingerprint density at radius 2 is 1.89 bits per heavy atom. The van der Waals surface area contributed by atoms with Gasteiger partial charge in [-0.05, 0) is 35.7 Å². The molecule has 2 aromatic rings. The molecule has 1 aromatic carbocycles. The average molecular weight is 487 g/mol. The van der Waals surface area contributed by atoms with E-state index in [0.29, 0.717) is 18.2 Å². The van der Waals surface area contributed by atoms with Gasteiger partial charge in [-0.25, -0.2) is 4.99 Å². The van der Waals surface area contributed by atoms with Crippen molar-refractivity contribution in [1.29, 1.82) is 0 Å². The van der Waals surface area contributed by atoms with Crippen LogP contribution in [0.4, 0.5) is 0 Å². The van der Waals surface area contributed by atoms with Crippen LogP contribution in [0.1, 0.15) is 25.2 Å². The second-order valence-corrected chi connectivity index (χ2v) is 6.39. The quantitative estimate of drug-likeness (QED) is 0.320. The van der Waals surface area contributed by atoms with Gasteiger partial charge < -0.3 is 24.5 Å². The van der Waals surface area contributed by atoms with Gasteiger partial charge in [-0.1, -0.05) is 19.9 Å². The molecular formula is C20H30IN3O3. The number of aliphatic imine (C=N–C) groups is 1. The summed E-state index contributed by atoms with van der Waals surface area (Å²) in [6.07, 6.45) is 2.50. The van der Waals surface area contributed by atoms with E-state index < -0.39 is 0 Å². The van der Waals surface area contributed by atoms with Gasteiger partial charge in [0.25, 0.3) is 0 Å². The topological polar surface area (TPSA) is 68.0 Å². The van der Waals surface area contributed by atoms with Crippen molar-refractivity contribution in [3.05, 3.63) is 47.9 Å². The van der Waals surface area contributed by atoms with Crippen LogP contribution < -0.4 is 20.1 Å². The summed E-state index contributed by atoms with van der Waals surface area (Å²) in [7, 11) is 3.27. The Morgan fingerprint density at radius 1 is 1.11 bits per heavy atom. The molecule has 0 saturated carbocycles. The SMILES string of the molecule is COc1ccc(CN=C(NCCc2ccco2)NCC(C)C)cc1OC.I. The van der Waals surface area contributed by atoms with E-state index in [0.717, 1.165) is 42.5 Å². The van der Waals surface area contributed by atoms with Crippen molar-refractivity contribution >= 4 is 29.9 Å². The number of guanidine groups is 1. The highest BCUT2D eigenvalue weighted by molar-refractivity contribution is 14.0. The zero-order chi connectivity index (χ0) is 18.8. The van der Waals surface area contributed by atoms with E-state index in [4.69, 9.17) is 13.9 Å². The lowest BCUT2D eigenvalue weighted by molar-refractivity contribution is 0.354. The fourth-order valence-electron chi connectivity index (χ4n) is 2.38. The van der Waals surface area contributed by atoms with Gasteiger partial charge in [0, 0.05) is 19.5 Å². The molecule has 27 heavy (non-hydrogen) atoms. The molecule has 2 rings (SSSR count). The number of hydrogen-bond acceptors (Lipinski definition) is 4. The van der Waals surface area contributed by atoms with E-state index in [1.54, 1.807) is 20.5 Å². The first-order valence-electron chi connectivity index (χ1n) is 8.87. The van der Waals surface area contributed by atoms with Crippen LogP contribution in [0.15, 0.2) is 46.0 Å². The van der Waals surface area contributed by atoms with Crippen LogP contribution >= 0.6 is 24.0 Å². The minimum absolute atomic E-state index is 0. The Balaban J connectivity index is 0.00000364. The predicted octanol–water partition coefficient (Wildman–Crippen LogP) is 3.85. The summed E-state index contributed by atoms with van der Waals surface area (Å²) in [6.45, 7) is 6.50. The second-order valence-electron chi connectivity index (χ2n) is 6.39. The van der Waals surface area contributed by atoms with Gasteiger partial charge in [0.15, 0.2) is 17.5 Å². The van der Waals surface area contributed by atoms with Crippen LogP contribution in [-0.4, -0.2) is 33.3 Å². The molecule has 0 aliphatic heterocycles. The van der Waals surface area contributed by atoms with Crippen LogP contribution in [-0.2, 0) is 13.0 Å². The molecule has 0 fully saturated rings. The minimum atomic E-state index is 0. The Labute approximate surface area is 178 Å². The van der Waals surface area contributed by atoms with Crippen molar-refractivity contribution in [3.8, 4) is 11.5 Å². The van der Waals surface area contributed by atoms with Crippen LogP contribution in [0, 0.1) is 5.92 Å². The number of nitrogens with zero attached hydrogens (tertiary/aromatic N) is 1. The maximum atomic E-state index is 5.36. The Morgan fingerprint density at radius 3 is 2.52 bits per heavy atom. The van der Waals surface area contributed by atoms with Crippen LogP contribution in [0.2, 0.25) is 0 Å². The number of halogens is 1. The van der Waals surface area contributed by atoms with E-state index in [1.807, 2.05) is 30.3 Å². The summed E-state index contributed by atoms with van der Waals surface area (Å²) in [6, 6.07) is 9.72. The molecule has 0 aliphatic carbocycles. The third-order valence-corrected chi connectivity index (χ3v) is 3.79. The average Bonchev–Trinajstić information content (AvgIpc) is 3.16. The zero-order valence-electron chi connectivity index (χ0n) is 16.5. The molecule has 0 aliphatic rings. The molecule has 1 heterocycles. The van der Waals surface area contributed by atoms with Crippen molar-refractivity contribution in [2.24, 2.45) is 10.9 Å². The minimum Gasteiger partial charge on any atom is -0.493 e. The first-order chi connectivity index (χ1) is 12.6. The first-order valence-corrected chi connectivity index (χ1v) is 8.87. The lowest BCUT2D eigenvalue weighted by atomic mass is 10.2. The van der Waals surface area contributed by atoms with Gasteiger partial charge in [0.2, 0.25) is 0 Å². The largest absolute Gasteiger partial charge is 0.493 e. The number of ether oxygens (including phenoxy) is 2. The van der Waals surface area contributed by atoms with Crippen LogP contribution in [0.3, 0.4) is 0 Å². The summed E-state index contributed by atoms with van der Waals surface area (Å²) in [5, 5.41) is 6.73. The van der Waals surface area contributed by atoms with Crippen molar-refractivity contribution in [1.82, 2.24) is 10.6 Å². The normalized spacial score (nSPS) is 11.1. The molecule has 0 unspecified atom stereocenters. The molecule has 0 radical (unpaired) electrons. The standard InChI is InChI=1S/C20H29N3O3.HI/c1-15(2)13-22-20(21-10-9-17-6-5-11-26-17)23-14-16-7-8-18(24-3)19(12-16)25-4;/h5-8,11-12,15H,9-10,13-14H2,1-4H3,(H2,21,22,23);1H. The fourth-order valence-corrected chi connectivity index (χ4v) is 2.38. The maximum absolute atomic E-state index is 5.36. The number of furan rings is 1. The molecule has 6 nitrogen and oxygen atoms in total. The molecule has 0 spiro atoms. The molecule has 0 amide bonds. The van der Waals surface area contributed by atoms with Gasteiger partial charge in [-0.15, -0.1) is 24.0 Å². The molecular weight excluding hydrogens is 457 g/mol. The number of benzene rings is 1. The van der Waals surface area contributed by atoms with Crippen molar-refractivity contribution < 1.29 is 13.9 Å². The highest BCUT2D eigenvalue weighted by Crippen LogP contribution is 2.27. The predicted molar refractivity (Wildman–Crippen MR) is 119 cm³/mol. The highest BCUT2D eigenvalue weighted by atomic mass is 127. The molecule has 150 valence electrons. The Kier molecular flexibility index (Phi) is 10.7. The number of nitrogens with one attached hydrogen (secondary N) is 2. The molecule has 0 atom stereocenters. The van der Waals surface area contributed by atoms with E-state index in [1.165, 1.54) is 0 Å². The van der Waals surface area contributed by atoms with Gasteiger partial charge in [-0.2, -0.15) is 0 Å². The Hall–Kier alpha value is -1.90. The van der Waals surface area contributed by atoms with Gasteiger partial charge in [0.1, 0.15) is 5.76 Å². The van der Waals surface area contributed by atoms with Gasteiger partial charge >= 0.3 is 0 Å². The molecule has 0 saturated heterocycles. The lowest BCUT2D eigenvalue weighted by Gasteiger charge is -2.14. The summed E-state index contributed by atoms with van der Waals surface area (Å²) < 4.78 is 16.0. The molecule has 2 N–H and O–H groups in total. The lowest BCUT2D eigenvalue weighted by Crippen LogP contribution is -2.40. The van der Waals surface area contributed by atoms with Gasteiger partial charge in [-0.3, -0.25) is 0 Å². The number of hydrogen-bond donors (Lipinski definition) is 2.